The average Bonchev–Trinajstić information content (AvgIpc) is 2.93. The Labute approximate surface area is 128 Å². The molecule has 1 aliphatic heterocycles. The summed E-state index contributed by atoms with van der Waals surface area (Å²) in [5, 5.41) is 7.61. The van der Waals surface area contributed by atoms with Gasteiger partial charge in [-0.1, -0.05) is 12.1 Å². The van der Waals surface area contributed by atoms with Crippen molar-refractivity contribution in [3.63, 3.8) is 0 Å². The normalized spacial score (nSPS) is 15.0. The molecule has 0 fully saturated rings. The molecule has 120 valence electrons. The second kappa shape index (κ2) is 5.41. The number of hydrogen-bond acceptors (Lipinski definition) is 4. The smallest absolute Gasteiger partial charge is 0.428 e. The van der Waals surface area contributed by atoms with Gasteiger partial charge in [0.25, 0.3) is 0 Å². The van der Waals surface area contributed by atoms with Gasteiger partial charge in [0.05, 0.1) is 11.8 Å². The van der Waals surface area contributed by atoms with Crippen LogP contribution in [0, 0.1) is 0 Å². The molecule has 6 nitrogen and oxygen atoms in total. The average molecular weight is 324 g/mol. The molecule has 1 amide bonds. The zero-order valence-electron chi connectivity index (χ0n) is 11.9. The number of halogens is 3. The van der Waals surface area contributed by atoms with Gasteiger partial charge in [0.2, 0.25) is 0 Å². The monoisotopic (exact) mass is 324 g/mol. The highest BCUT2D eigenvalue weighted by Gasteiger charge is 2.34. The van der Waals surface area contributed by atoms with Crippen molar-refractivity contribution in [3.05, 3.63) is 41.7 Å². The number of carbonyl (C=O) groups is 1. The van der Waals surface area contributed by atoms with Crippen LogP contribution in [0.15, 0.2) is 35.7 Å². The predicted octanol–water partition coefficient (Wildman–Crippen LogP) is 2.55. The van der Waals surface area contributed by atoms with Gasteiger partial charge in [-0.05, 0) is 11.6 Å². The maximum absolute atomic E-state index is 13.4. The van der Waals surface area contributed by atoms with Crippen molar-refractivity contribution in [1.29, 1.82) is 0 Å². The van der Waals surface area contributed by atoms with Crippen molar-refractivity contribution in [2.45, 2.75) is 6.18 Å². The number of amides is 1. The van der Waals surface area contributed by atoms with Crippen LogP contribution >= 0.6 is 0 Å². The number of ether oxygens (including phenoxy) is 1. The quantitative estimate of drug-likeness (QED) is 0.923. The van der Waals surface area contributed by atoms with Crippen molar-refractivity contribution in [2.24, 2.45) is 12.1 Å². The SMILES string of the molecule is Cn1cc(-c2ccc(C3=NNC(=O)OC3)cc2C(F)(F)F)cn1. The molecule has 0 spiro atoms. The summed E-state index contributed by atoms with van der Waals surface area (Å²) >= 11 is 0. The number of carbonyl (C=O) groups excluding carboxylic acids is 1. The number of aromatic nitrogens is 2. The minimum Gasteiger partial charge on any atom is -0.442 e. The van der Waals surface area contributed by atoms with Crippen LogP contribution in [0.25, 0.3) is 11.1 Å². The molecule has 0 saturated heterocycles. The van der Waals surface area contributed by atoms with Crippen molar-refractivity contribution in [1.82, 2.24) is 15.2 Å². The van der Waals surface area contributed by atoms with E-state index in [1.165, 1.54) is 29.2 Å². The van der Waals surface area contributed by atoms with Gasteiger partial charge in [0, 0.05) is 24.4 Å². The summed E-state index contributed by atoms with van der Waals surface area (Å²) in [4.78, 5) is 10.9. The molecule has 2 heterocycles. The molecule has 0 radical (unpaired) electrons. The molecule has 0 aliphatic carbocycles. The fraction of sp³-hybridized carbons (Fsp3) is 0.214. The Morgan fingerprint density at radius 2 is 2.09 bits per heavy atom. The topological polar surface area (TPSA) is 68.5 Å². The molecule has 23 heavy (non-hydrogen) atoms. The van der Waals surface area contributed by atoms with E-state index >= 15 is 0 Å². The molecule has 0 atom stereocenters. The number of hydrogen-bond donors (Lipinski definition) is 1. The first-order valence-electron chi connectivity index (χ1n) is 6.54. The number of benzene rings is 1. The highest BCUT2D eigenvalue weighted by atomic mass is 19.4. The number of aryl methyl sites for hydroxylation is 1. The highest BCUT2D eigenvalue weighted by molar-refractivity contribution is 6.04. The Morgan fingerprint density at radius 1 is 1.30 bits per heavy atom. The predicted molar refractivity (Wildman–Crippen MR) is 74.7 cm³/mol. The van der Waals surface area contributed by atoms with E-state index in [1.54, 1.807) is 7.05 Å². The molecule has 3 rings (SSSR count). The molecule has 1 aromatic heterocycles. The van der Waals surface area contributed by atoms with Crippen molar-refractivity contribution in [3.8, 4) is 11.1 Å². The zero-order chi connectivity index (χ0) is 16.6. The van der Waals surface area contributed by atoms with Crippen LogP contribution in [0.4, 0.5) is 18.0 Å². The van der Waals surface area contributed by atoms with Crippen LogP contribution in [0.3, 0.4) is 0 Å². The fourth-order valence-corrected chi connectivity index (χ4v) is 2.23. The number of rotatable bonds is 2. The van der Waals surface area contributed by atoms with Gasteiger partial charge in [0.1, 0.15) is 12.3 Å². The summed E-state index contributed by atoms with van der Waals surface area (Å²) in [6, 6.07) is 3.84. The molecular formula is C14H11F3N4O2. The Kier molecular flexibility index (Phi) is 3.55. The number of cyclic esters (lactones) is 1. The van der Waals surface area contributed by atoms with Gasteiger partial charge in [-0.3, -0.25) is 4.68 Å². The second-order valence-electron chi connectivity index (χ2n) is 4.91. The number of nitrogens with one attached hydrogen (secondary N) is 1. The zero-order valence-corrected chi connectivity index (χ0v) is 11.9. The summed E-state index contributed by atoms with van der Waals surface area (Å²) in [6.45, 7) is -0.185. The van der Waals surface area contributed by atoms with E-state index in [4.69, 9.17) is 4.74 Å². The fourth-order valence-electron chi connectivity index (χ4n) is 2.23. The van der Waals surface area contributed by atoms with Crippen molar-refractivity contribution in [2.75, 3.05) is 6.61 Å². The molecule has 0 unspecified atom stereocenters. The van der Waals surface area contributed by atoms with Crippen LogP contribution in [-0.4, -0.2) is 28.2 Å². The van der Waals surface area contributed by atoms with Crippen LogP contribution < -0.4 is 5.43 Å². The van der Waals surface area contributed by atoms with Crippen molar-refractivity contribution < 1.29 is 22.7 Å². The third-order valence-electron chi connectivity index (χ3n) is 3.30. The van der Waals surface area contributed by atoms with Gasteiger partial charge < -0.3 is 4.74 Å². The van der Waals surface area contributed by atoms with Gasteiger partial charge >= 0.3 is 12.3 Å². The number of alkyl halides is 3. The molecular weight excluding hydrogens is 313 g/mol. The minimum atomic E-state index is -4.54. The molecule has 2 aromatic rings. The first-order chi connectivity index (χ1) is 10.8. The first-order valence-corrected chi connectivity index (χ1v) is 6.54. The molecule has 0 saturated carbocycles. The summed E-state index contributed by atoms with van der Waals surface area (Å²) in [5.41, 5.74) is 2.10. The third-order valence-corrected chi connectivity index (χ3v) is 3.30. The lowest BCUT2D eigenvalue weighted by Gasteiger charge is -2.16. The maximum atomic E-state index is 13.4. The van der Waals surface area contributed by atoms with E-state index in [0.29, 0.717) is 5.56 Å². The Morgan fingerprint density at radius 3 is 2.65 bits per heavy atom. The summed E-state index contributed by atoms with van der Waals surface area (Å²) < 4.78 is 46.3. The molecule has 0 bridgehead atoms. The minimum absolute atomic E-state index is 0.0238. The Bertz CT molecular complexity index is 796. The highest BCUT2D eigenvalue weighted by Crippen LogP contribution is 2.37. The lowest BCUT2D eigenvalue weighted by Crippen LogP contribution is -2.30. The molecule has 1 aromatic carbocycles. The van der Waals surface area contributed by atoms with E-state index in [-0.39, 0.29) is 23.4 Å². The standard InChI is InChI=1S/C14H11F3N4O2/c1-21-6-9(5-18-21)10-3-2-8(4-11(10)14(15,16)17)12-7-23-13(22)20-19-12/h2-6H,7H2,1H3,(H,20,22). The maximum Gasteiger partial charge on any atom is 0.428 e. The van der Waals surface area contributed by atoms with E-state index in [1.807, 2.05) is 0 Å². The van der Waals surface area contributed by atoms with E-state index < -0.39 is 17.8 Å². The Hall–Kier alpha value is -2.84. The Balaban J connectivity index is 2.08. The van der Waals surface area contributed by atoms with E-state index in [0.717, 1.165) is 6.07 Å². The molecule has 1 aliphatic rings. The second-order valence-corrected chi connectivity index (χ2v) is 4.91. The van der Waals surface area contributed by atoms with Gasteiger partial charge in [-0.15, -0.1) is 0 Å². The molecule has 9 heteroatoms. The van der Waals surface area contributed by atoms with Crippen molar-refractivity contribution >= 4 is 11.8 Å². The van der Waals surface area contributed by atoms with Crippen LogP contribution in [0.2, 0.25) is 0 Å². The number of hydrazone groups is 1. The largest absolute Gasteiger partial charge is 0.442 e. The van der Waals surface area contributed by atoms with E-state index in [2.05, 4.69) is 15.6 Å². The van der Waals surface area contributed by atoms with Gasteiger partial charge in [-0.25, -0.2) is 10.2 Å². The number of nitrogens with zero attached hydrogens (tertiary/aromatic N) is 3. The van der Waals surface area contributed by atoms with Gasteiger partial charge in [0.15, 0.2) is 0 Å². The first kappa shape index (κ1) is 15.1. The molecule has 1 N–H and O–H groups in total. The third kappa shape index (κ3) is 3.03. The summed E-state index contributed by atoms with van der Waals surface area (Å²) in [6.07, 6.45) is -2.41. The summed E-state index contributed by atoms with van der Waals surface area (Å²) in [7, 11) is 1.63. The summed E-state index contributed by atoms with van der Waals surface area (Å²) in [5.74, 6) is 0. The van der Waals surface area contributed by atoms with Crippen LogP contribution in [0.1, 0.15) is 11.1 Å². The van der Waals surface area contributed by atoms with Crippen LogP contribution in [-0.2, 0) is 18.0 Å². The van der Waals surface area contributed by atoms with Gasteiger partial charge in [-0.2, -0.15) is 23.4 Å². The van der Waals surface area contributed by atoms with Crippen LogP contribution in [0.5, 0.6) is 0 Å². The lowest BCUT2D eigenvalue weighted by atomic mass is 9.97. The lowest BCUT2D eigenvalue weighted by molar-refractivity contribution is -0.137. The van der Waals surface area contributed by atoms with E-state index in [9.17, 15) is 18.0 Å².